The van der Waals surface area contributed by atoms with Crippen LogP contribution in [0.3, 0.4) is 0 Å². The van der Waals surface area contributed by atoms with Crippen molar-refractivity contribution in [1.29, 1.82) is 0 Å². The fraction of sp³-hybridized carbons (Fsp3) is 0.947. The van der Waals surface area contributed by atoms with Crippen molar-refractivity contribution in [2.75, 3.05) is 39.6 Å². The van der Waals surface area contributed by atoms with Crippen molar-refractivity contribution in [3.63, 3.8) is 0 Å². The molecule has 0 aliphatic heterocycles. The quantitative estimate of drug-likeness (QED) is 0.0222. The maximum absolute atomic E-state index is 13.1. The molecule has 0 fully saturated rings. The van der Waals surface area contributed by atoms with Crippen molar-refractivity contribution in [2.24, 2.45) is 11.8 Å². The molecule has 0 rings (SSSR count). The lowest BCUT2D eigenvalue weighted by atomic mass is 9.99. The Hall–Kier alpha value is -1.94. The molecule has 558 valence electrons. The van der Waals surface area contributed by atoms with Gasteiger partial charge in [0.25, 0.3) is 0 Å². The molecule has 0 radical (unpaired) electrons. The maximum atomic E-state index is 13.1. The van der Waals surface area contributed by atoms with Crippen molar-refractivity contribution >= 4 is 39.5 Å². The molecule has 0 aromatic heterocycles. The van der Waals surface area contributed by atoms with Crippen LogP contribution in [0.4, 0.5) is 0 Å². The lowest BCUT2D eigenvalue weighted by Gasteiger charge is -2.21. The van der Waals surface area contributed by atoms with E-state index in [1.807, 2.05) is 0 Å². The van der Waals surface area contributed by atoms with Gasteiger partial charge in [0.2, 0.25) is 0 Å². The number of unbranched alkanes of at least 4 members (excludes halogenated alkanes) is 43. The number of ether oxygens (including phenoxy) is 4. The number of hydrogen-bond donors (Lipinski definition) is 3. The number of phosphoric ester groups is 2. The lowest BCUT2D eigenvalue weighted by molar-refractivity contribution is -0.161. The second-order valence-corrected chi connectivity index (χ2v) is 30.7. The third-order valence-electron chi connectivity index (χ3n) is 17.8. The SMILES string of the molecule is CCCCCCCCCCCCCC(=O)O[C@H](COC(=O)CCCCCCCCCCC)COP(=O)(O)OC[C@H](O)COP(=O)(O)OC[C@@H](COC(=O)CCCCCCCCCCCCCCCC(C)C)OC(=O)CCCCCCCCCCCCCCCCC(C)CC. The van der Waals surface area contributed by atoms with E-state index >= 15 is 0 Å². The van der Waals surface area contributed by atoms with Gasteiger partial charge in [-0.05, 0) is 37.5 Å². The van der Waals surface area contributed by atoms with Gasteiger partial charge in [0.05, 0.1) is 26.4 Å². The monoisotopic (exact) mass is 1380 g/mol. The molecule has 6 atom stereocenters. The smallest absolute Gasteiger partial charge is 0.462 e. The average molecular weight is 1380 g/mol. The summed E-state index contributed by atoms with van der Waals surface area (Å²) in [6, 6.07) is 0. The maximum Gasteiger partial charge on any atom is 0.472 e. The lowest BCUT2D eigenvalue weighted by Crippen LogP contribution is -2.30. The van der Waals surface area contributed by atoms with Gasteiger partial charge >= 0.3 is 39.5 Å². The number of hydrogen-bond acceptors (Lipinski definition) is 15. The summed E-state index contributed by atoms with van der Waals surface area (Å²) in [7, 11) is -9.91. The van der Waals surface area contributed by atoms with Gasteiger partial charge in [-0.15, -0.1) is 0 Å². The van der Waals surface area contributed by atoms with Crippen molar-refractivity contribution < 1.29 is 80.2 Å². The molecule has 94 heavy (non-hydrogen) atoms. The first-order valence-corrected chi connectivity index (χ1v) is 42.0. The third-order valence-corrected chi connectivity index (χ3v) is 19.7. The molecular formula is C75H146O17P2. The summed E-state index contributed by atoms with van der Waals surface area (Å²) in [5.41, 5.74) is 0. The Morgan fingerprint density at radius 1 is 0.309 bits per heavy atom. The number of carbonyl (C=O) groups is 4. The van der Waals surface area contributed by atoms with Crippen molar-refractivity contribution in [3.8, 4) is 0 Å². The van der Waals surface area contributed by atoms with E-state index in [-0.39, 0.29) is 25.7 Å². The topological polar surface area (TPSA) is 237 Å². The van der Waals surface area contributed by atoms with Crippen molar-refractivity contribution in [1.82, 2.24) is 0 Å². The highest BCUT2D eigenvalue weighted by molar-refractivity contribution is 7.47. The van der Waals surface area contributed by atoms with Gasteiger partial charge in [0.1, 0.15) is 19.3 Å². The summed E-state index contributed by atoms with van der Waals surface area (Å²) in [4.78, 5) is 72.7. The van der Waals surface area contributed by atoms with Crippen LogP contribution in [0.25, 0.3) is 0 Å². The first kappa shape index (κ1) is 92.1. The van der Waals surface area contributed by atoms with E-state index in [0.717, 1.165) is 102 Å². The second-order valence-electron chi connectivity index (χ2n) is 27.8. The molecule has 19 heteroatoms. The summed E-state index contributed by atoms with van der Waals surface area (Å²) >= 11 is 0. The minimum absolute atomic E-state index is 0.107. The average Bonchev–Trinajstić information content (AvgIpc) is 2.16. The van der Waals surface area contributed by atoms with Gasteiger partial charge in [-0.25, -0.2) is 9.13 Å². The number of rotatable bonds is 74. The van der Waals surface area contributed by atoms with Gasteiger partial charge in [-0.3, -0.25) is 37.3 Å². The molecule has 0 aromatic carbocycles. The Morgan fingerprint density at radius 2 is 0.543 bits per heavy atom. The zero-order valence-electron chi connectivity index (χ0n) is 61.3. The normalized spacial score (nSPS) is 14.3. The molecule has 0 aliphatic rings. The van der Waals surface area contributed by atoms with Crippen LogP contribution in [0.15, 0.2) is 0 Å². The van der Waals surface area contributed by atoms with Crippen LogP contribution < -0.4 is 0 Å². The molecule has 0 saturated heterocycles. The van der Waals surface area contributed by atoms with E-state index in [1.165, 1.54) is 205 Å². The Bertz CT molecular complexity index is 1820. The zero-order valence-corrected chi connectivity index (χ0v) is 63.1. The number of carbonyl (C=O) groups excluding carboxylic acids is 4. The van der Waals surface area contributed by atoms with E-state index in [1.54, 1.807) is 0 Å². The highest BCUT2D eigenvalue weighted by Gasteiger charge is 2.30. The van der Waals surface area contributed by atoms with E-state index in [2.05, 4.69) is 41.5 Å². The van der Waals surface area contributed by atoms with Crippen LogP contribution in [0.2, 0.25) is 0 Å². The first-order valence-electron chi connectivity index (χ1n) is 39.0. The van der Waals surface area contributed by atoms with Crippen molar-refractivity contribution in [2.45, 2.75) is 407 Å². The first-order chi connectivity index (χ1) is 45.4. The van der Waals surface area contributed by atoms with Crippen LogP contribution >= 0.6 is 15.6 Å². The van der Waals surface area contributed by atoms with Crippen LogP contribution in [-0.2, 0) is 65.4 Å². The molecule has 17 nitrogen and oxygen atoms in total. The van der Waals surface area contributed by atoms with Crippen LogP contribution in [0.5, 0.6) is 0 Å². The summed E-state index contributed by atoms with van der Waals surface area (Å²) in [5.74, 6) is -0.480. The Labute approximate surface area is 575 Å². The van der Waals surface area contributed by atoms with E-state index < -0.39 is 97.5 Å². The molecular weight excluding hydrogens is 1230 g/mol. The third kappa shape index (κ3) is 67.3. The predicted molar refractivity (Wildman–Crippen MR) is 381 cm³/mol. The minimum Gasteiger partial charge on any atom is -0.462 e. The molecule has 0 spiro atoms. The molecule has 0 heterocycles. The fourth-order valence-electron chi connectivity index (χ4n) is 11.4. The zero-order chi connectivity index (χ0) is 69.3. The Kier molecular flexibility index (Phi) is 65.5. The van der Waals surface area contributed by atoms with E-state index in [0.29, 0.717) is 25.7 Å². The molecule has 0 aromatic rings. The van der Waals surface area contributed by atoms with Gasteiger partial charge in [-0.2, -0.15) is 0 Å². The van der Waals surface area contributed by atoms with E-state index in [9.17, 15) is 43.2 Å². The predicted octanol–water partition coefficient (Wildman–Crippen LogP) is 21.9. The molecule has 3 unspecified atom stereocenters. The van der Waals surface area contributed by atoms with Crippen molar-refractivity contribution in [3.05, 3.63) is 0 Å². The van der Waals surface area contributed by atoms with Gasteiger partial charge < -0.3 is 33.8 Å². The van der Waals surface area contributed by atoms with Crippen LogP contribution in [-0.4, -0.2) is 96.7 Å². The van der Waals surface area contributed by atoms with Gasteiger partial charge in [0.15, 0.2) is 12.2 Å². The van der Waals surface area contributed by atoms with Crippen LogP contribution in [0.1, 0.15) is 388 Å². The molecule has 0 aliphatic carbocycles. The largest absolute Gasteiger partial charge is 0.472 e. The summed E-state index contributed by atoms with van der Waals surface area (Å²) in [6.07, 6.45) is 53.9. The Balaban J connectivity index is 5.22. The number of aliphatic hydroxyl groups is 1. The Morgan fingerprint density at radius 3 is 0.809 bits per heavy atom. The van der Waals surface area contributed by atoms with Crippen LogP contribution in [0, 0.1) is 11.8 Å². The number of phosphoric acid groups is 2. The van der Waals surface area contributed by atoms with Gasteiger partial charge in [0, 0.05) is 25.7 Å². The minimum atomic E-state index is -4.96. The summed E-state index contributed by atoms with van der Waals surface area (Å²) in [5, 5.41) is 10.6. The molecule has 3 N–H and O–H groups in total. The standard InChI is InChI=1S/C75H146O17P2/c1-7-10-12-14-16-18-26-35-41-47-53-59-74(79)91-70(63-85-72(77)57-51-45-39-31-17-15-13-11-8-2)65-89-93(81,82)87-61-69(76)62-88-94(83,84)90-66-71(64-86-73(78)58-52-46-40-34-29-25-21-22-27-32-37-43-49-55-67(4)5)92-75(80)60-54-48-42-36-30-24-20-19-23-28-33-38-44-50-56-68(6)9-3/h67-71,76H,7-66H2,1-6H3,(H,81,82)(H,83,84)/t68?,69-,70+,71+/m0/s1. The molecule has 0 amide bonds. The van der Waals surface area contributed by atoms with Gasteiger partial charge in [-0.1, -0.05) is 337 Å². The molecule has 0 bridgehead atoms. The summed E-state index contributed by atoms with van der Waals surface area (Å²) in [6.45, 7) is 9.64. The highest BCUT2D eigenvalue weighted by Crippen LogP contribution is 2.45. The summed E-state index contributed by atoms with van der Waals surface area (Å²) < 4.78 is 68.4. The molecule has 0 saturated carbocycles. The number of aliphatic hydroxyl groups excluding tert-OH is 1. The highest BCUT2D eigenvalue weighted by atomic mass is 31.2. The van der Waals surface area contributed by atoms with E-state index in [4.69, 9.17) is 37.0 Å². The second kappa shape index (κ2) is 66.9. The number of esters is 4. The fourth-order valence-corrected chi connectivity index (χ4v) is 13.0.